The molecular weight excluding hydrogens is 723 g/mol. The van der Waals surface area contributed by atoms with Crippen molar-refractivity contribution in [3.8, 4) is 0 Å². The molecule has 0 aliphatic rings. The van der Waals surface area contributed by atoms with Crippen molar-refractivity contribution >= 4 is 6.03 Å². The van der Waals surface area contributed by atoms with E-state index < -0.39 is 0 Å². The normalized spacial score (nSPS) is 9.90. The average molecular weight is 814 g/mol. The molecule has 3 heterocycles. The van der Waals surface area contributed by atoms with Crippen molar-refractivity contribution in [2.45, 2.75) is 182 Å². The summed E-state index contributed by atoms with van der Waals surface area (Å²) >= 11 is 0. The Kier molecular flexibility index (Phi) is 54.9. The molecule has 0 aliphatic heterocycles. The molecule has 2 amide bonds. The fraction of sp³-hybridized carbons (Fsp3) is 0.674. The molecule has 0 saturated heterocycles. The van der Waals surface area contributed by atoms with E-state index in [1.165, 1.54) is 25.7 Å². The minimum atomic E-state index is 0.0880. The topological polar surface area (TPSA) is 116 Å². The van der Waals surface area contributed by atoms with Gasteiger partial charge in [-0.05, 0) is 107 Å². The number of carbonyl (C=O) groups is 1. The molecule has 0 atom stereocenters. The van der Waals surface area contributed by atoms with E-state index in [0.29, 0.717) is 0 Å². The lowest BCUT2D eigenvalue weighted by molar-refractivity contribution is 0.177. The van der Waals surface area contributed by atoms with E-state index in [2.05, 4.69) is 135 Å². The summed E-state index contributed by atoms with van der Waals surface area (Å²) in [6.07, 6.45) is 31.9. The summed E-state index contributed by atoms with van der Waals surface area (Å²) in [5, 5.41) is 23.2. The minimum Gasteiger partial charge on any atom is -0.328 e. The summed E-state index contributed by atoms with van der Waals surface area (Å²) in [5.74, 6) is 0. The standard InChI is InChI=1S/C7H16N2O.2C6H11N3.2C6H12.C5H9N3.2C5H10/c1-5-8(3)7(10)9(4)6-2;2*1-3-6-5-9(4-2)8-7-6;2*1-3-5-6-4-2;1-3-8-4-5(2)6-7-8;2*1-3-5-4-2/h5-6H2,1-4H3;2*5H,3-4H2,1-2H3;2*5-6H,3-4H2,1-2H3;4H,3H2,1-2H3;2*3,5H,4H2,1-2H3/b;;;6-5+;6-5-;;5-3+;5-3-. The minimum absolute atomic E-state index is 0.0880. The molecule has 0 saturated carbocycles. The summed E-state index contributed by atoms with van der Waals surface area (Å²) in [4.78, 5) is 14.5. The summed E-state index contributed by atoms with van der Waals surface area (Å²) in [6, 6.07) is 0.0880. The van der Waals surface area contributed by atoms with Crippen molar-refractivity contribution in [2.24, 2.45) is 0 Å². The SMILES string of the molecule is C/C=C/CC.C/C=C\CC.CC/C=C/CC.CC/C=C\CC.CCN(C)C(=O)N(C)CC.CCc1cn(CC)nn1.CCc1cn(CC)nn1.CCn1cc(C)nn1. The Labute approximate surface area is 357 Å². The summed E-state index contributed by atoms with van der Waals surface area (Å²) in [6.45, 7) is 37.3. The van der Waals surface area contributed by atoms with Crippen LogP contribution in [0, 0.1) is 6.92 Å². The van der Waals surface area contributed by atoms with E-state index in [9.17, 15) is 4.79 Å². The Balaban J connectivity index is -0.000000187. The lowest BCUT2D eigenvalue weighted by Crippen LogP contribution is -2.38. The van der Waals surface area contributed by atoms with Crippen molar-refractivity contribution < 1.29 is 4.79 Å². The van der Waals surface area contributed by atoms with Crippen molar-refractivity contribution in [3.05, 3.63) is 84.3 Å². The van der Waals surface area contributed by atoms with Gasteiger partial charge in [-0.2, -0.15) is 0 Å². The van der Waals surface area contributed by atoms with E-state index in [1.807, 2.05) is 83.3 Å². The third-order valence-corrected chi connectivity index (χ3v) is 7.34. The highest BCUT2D eigenvalue weighted by atomic mass is 16.2. The van der Waals surface area contributed by atoms with Gasteiger partial charge in [-0.1, -0.05) is 120 Å². The van der Waals surface area contributed by atoms with E-state index in [4.69, 9.17) is 0 Å². The molecule has 58 heavy (non-hydrogen) atoms. The van der Waals surface area contributed by atoms with Gasteiger partial charge in [-0.25, -0.2) is 4.79 Å². The summed E-state index contributed by atoms with van der Waals surface area (Å²) in [7, 11) is 3.60. The maximum Gasteiger partial charge on any atom is 0.319 e. The second-order valence-corrected chi connectivity index (χ2v) is 12.4. The molecule has 3 aromatic rings. The molecule has 0 aliphatic carbocycles. The highest BCUT2D eigenvalue weighted by Gasteiger charge is 2.09. The van der Waals surface area contributed by atoms with Gasteiger partial charge in [-0.15, -0.1) is 15.3 Å². The van der Waals surface area contributed by atoms with Gasteiger partial charge < -0.3 is 9.80 Å². The molecule has 0 aromatic carbocycles. The maximum atomic E-state index is 11.2. The molecule has 0 bridgehead atoms. The van der Waals surface area contributed by atoms with Crippen LogP contribution in [0.4, 0.5) is 4.79 Å². The molecule has 0 spiro atoms. The second-order valence-electron chi connectivity index (χ2n) is 12.4. The summed E-state index contributed by atoms with van der Waals surface area (Å²) in [5.41, 5.74) is 3.11. The van der Waals surface area contributed by atoms with E-state index in [-0.39, 0.29) is 6.03 Å². The van der Waals surface area contributed by atoms with Crippen LogP contribution in [0.2, 0.25) is 0 Å². The fourth-order valence-corrected chi connectivity index (χ4v) is 3.56. The Bertz CT molecular complexity index is 1220. The average Bonchev–Trinajstić information content (AvgIpc) is 4.04. The highest BCUT2D eigenvalue weighted by molar-refractivity contribution is 5.73. The fourth-order valence-electron chi connectivity index (χ4n) is 3.56. The van der Waals surface area contributed by atoms with Gasteiger partial charge in [0.05, 0.1) is 17.1 Å². The van der Waals surface area contributed by atoms with Crippen molar-refractivity contribution in [3.63, 3.8) is 0 Å². The van der Waals surface area contributed by atoms with Crippen molar-refractivity contribution in [2.75, 3.05) is 27.2 Å². The first-order valence-electron chi connectivity index (χ1n) is 22.0. The van der Waals surface area contributed by atoms with Gasteiger partial charge in [0.1, 0.15) is 0 Å². The smallest absolute Gasteiger partial charge is 0.319 e. The van der Waals surface area contributed by atoms with Crippen LogP contribution in [0.25, 0.3) is 0 Å². The molecular formula is C46H91N11O. The lowest BCUT2D eigenvalue weighted by Gasteiger charge is -2.22. The third kappa shape index (κ3) is 44.4. The Morgan fingerprint density at radius 2 is 0.793 bits per heavy atom. The number of amides is 2. The van der Waals surface area contributed by atoms with Crippen LogP contribution in [0.3, 0.4) is 0 Å². The Hall–Kier alpha value is -4.35. The van der Waals surface area contributed by atoms with E-state index in [1.54, 1.807) is 28.6 Å². The first-order valence-corrected chi connectivity index (χ1v) is 22.0. The predicted molar refractivity (Wildman–Crippen MR) is 252 cm³/mol. The Morgan fingerprint density at radius 1 is 0.500 bits per heavy atom. The third-order valence-electron chi connectivity index (χ3n) is 7.34. The van der Waals surface area contributed by atoms with Gasteiger partial charge in [0.25, 0.3) is 0 Å². The zero-order valence-electron chi connectivity index (χ0n) is 40.9. The molecule has 0 N–H and O–H groups in total. The van der Waals surface area contributed by atoms with Gasteiger partial charge in [0.15, 0.2) is 0 Å². The van der Waals surface area contributed by atoms with Crippen molar-refractivity contribution in [1.29, 1.82) is 0 Å². The van der Waals surface area contributed by atoms with Crippen LogP contribution in [0.1, 0.15) is 159 Å². The van der Waals surface area contributed by atoms with Gasteiger partial charge >= 0.3 is 6.03 Å². The number of hydrogen-bond acceptors (Lipinski definition) is 7. The number of hydrogen-bond donors (Lipinski definition) is 0. The number of nitrogens with zero attached hydrogens (tertiary/aromatic N) is 11. The van der Waals surface area contributed by atoms with Crippen LogP contribution in [0.15, 0.2) is 67.2 Å². The number of rotatable bonds is 13. The van der Waals surface area contributed by atoms with Gasteiger partial charge in [0, 0.05) is 65.4 Å². The first-order chi connectivity index (χ1) is 27.8. The maximum absolute atomic E-state index is 11.2. The molecule has 0 radical (unpaired) electrons. The van der Waals surface area contributed by atoms with Gasteiger partial charge in [-0.3, -0.25) is 14.0 Å². The van der Waals surface area contributed by atoms with Gasteiger partial charge in [0.2, 0.25) is 0 Å². The van der Waals surface area contributed by atoms with Crippen LogP contribution >= 0.6 is 0 Å². The van der Waals surface area contributed by atoms with Crippen LogP contribution < -0.4 is 0 Å². The molecule has 0 fully saturated rings. The van der Waals surface area contributed by atoms with Crippen LogP contribution in [-0.2, 0) is 32.5 Å². The number of allylic oxidation sites excluding steroid dienone is 8. The highest BCUT2D eigenvalue weighted by Crippen LogP contribution is 1.93. The Morgan fingerprint density at radius 3 is 0.931 bits per heavy atom. The largest absolute Gasteiger partial charge is 0.328 e. The first kappa shape index (κ1) is 62.8. The monoisotopic (exact) mass is 814 g/mol. The van der Waals surface area contributed by atoms with Crippen molar-refractivity contribution in [1.82, 2.24) is 54.8 Å². The number of carbonyl (C=O) groups excluding carboxylic acids is 1. The van der Waals surface area contributed by atoms with E-state index >= 15 is 0 Å². The van der Waals surface area contributed by atoms with Crippen LogP contribution in [-0.4, -0.2) is 88.0 Å². The summed E-state index contributed by atoms with van der Waals surface area (Å²) < 4.78 is 5.47. The number of aromatic nitrogens is 9. The zero-order valence-corrected chi connectivity index (χ0v) is 40.9. The number of aryl methyl sites for hydroxylation is 6. The molecule has 336 valence electrons. The molecule has 12 heteroatoms. The molecule has 3 aromatic heterocycles. The number of urea groups is 1. The molecule has 12 nitrogen and oxygen atoms in total. The molecule has 0 unspecified atom stereocenters. The zero-order chi connectivity index (χ0) is 45.4. The van der Waals surface area contributed by atoms with E-state index in [0.717, 1.165) is 75.5 Å². The lowest BCUT2D eigenvalue weighted by atomic mass is 10.4. The van der Waals surface area contributed by atoms with Crippen LogP contribution in [0.5, 0.6) is 0 Å². The quantitative estimate of drug-likeness (QED) is 0.158. The predicted octanol–water partition coefficient (Wildman–Crippen LogP) is 12.0. The molecule has 3 rings (SSSR count). The second kappa shape index (κ2) is 50.7.